The summed E-state index contributed by atoms with van der Waals surface area (Å²) in [6.45, 7) is 0.140. The minimum atomic E-state index is -0.245. The van der Waals surface area contributed by atoms with Gasteiger partial charge in [0.05, 0.1) is 12.8 Å². The average Bonchev–Trinajstić information content (AvgIpc) is 2.46. The quantitative estimate of drug-likeness (QED) is 0.574. The third-order valence-electron chi connectivity index (χ3n) is 2.50. The Bertz CT molecular complexity index is 597. The topological polar surface area (TPSA) is 73.7 Å². The predicted octanol–water partition coefficient (Wildman–Crippen LogP) is 1.95. The number of phenolic OH excluding ortho intramolecular Hbond substituents is 1. The monoisotopic (exact) mass is 269 g/mol. The van der Waals surface area contributed by atoms with Crippen LogP contribution in [0, 0.1) is 0 Å². The van der Waals surface area contributed by atoms with Gasteiger partial charge in [0.25, 0.3) is 5.91 Å². The van der Waals surface area contributed by atoms with Crippen molar-refractivity contribution in [3.05, 3.63) is 60.2 Å². The lowest BCUT2D eigenvalue weighted by Gasteiger charge is -2.04. The van der Waals surface area contributed by atoms with E-state index in [-0.39, 0.29) is 18.2 Å². The molecule has 0 atom stereocenters. The van der Waals surface area contributed by atoms with Gasteiger partial charge < -0.3 is 10.4 Å². The fourth-order valence-corrected chi connectivity index (χ4v) is 1.56. The number of carbonyl (C=O) groups is 1. The average molecular weight is 269 g/mol. The van der Waals surface area contributed by atoms with Gasteiger partial charge >= 0.3 is 0 Å². The van der Waals surface area contributed by atoms with Gasteiger partial charge in [-0.1, -0.05) is 30.3 Å². The first kappa shape index (κ1) is 13.6. The Morgan fingerprint density at radius 2 is 1.95 bits per heavy atom. The Balaban J connectivity index is 1.78. The third-order valence-corrected chi connectivity index (χ3v) is 2.50. The van der Waals surface area contributed by atoms with Crippen molar-refractivity contribution >= 4 is 17.8 Å². The molecule has 0 fully saturated rings. The molecule has 0 saturated heterocycles. The lowest BCUT2D eigenvalue weighted by molar-refractivity contribution is -0.119. The molecule has 0 aromatic heterocycles. The number of nitrogens with one attached hydrogen (secondary N) is 2. The molecule has 2 aromatic rings. The number of carbonyl (C=O) groups excluding carboxylic acids is 1. The molecule has 20 heavy (non-hydrogen) atoms. The van der Waals surface area contributed by atoms with Crippen molar-refractivity contribution in [3.63, 3.8) is 0 Å². The molecule has 0 radical (unpaired) electrons. The summed E-state index contributed by atoms with van der Waals surface area (Å²) in [6, 6.07) is 16.0. The molecule has 2 rings (SSSR count). The maximum absolute atomic E-state index is 11.5. The van der Waals surface area contributed by atoms with E-state index in [1.54, 1.807) is 24.3 Å². The number of hydrogen-bond acceptors (Lipinski definition) is 4. The summed E-state index contributed by atoms with van der Waals surface area (Å²) in [5.74, 6) is -0.0868. The van der Waals surface area contributed by atoms with Gasteiger partial charge in [-0.05, 0) is 29.8 Å². The Labute approximate surface area is 117 Å². The molecule has 0 aliphatic carbocycles. The largest absolute Gasteiger partial charge is 0.508 e. The smallest absolute Gasteiger partial charge is 0.259 e. The number of nitrogens with zero attached hydrogens (tertiary/aromatic N) is 1. The minimum absolute atomic E-state index is 0.140. The highest BCUT2D eigenvalue weighted by molar-refractivity contribution is 5.84. The molecule has 3 N–H and O–H groups in total. The van der Waals surface area contributed by atoms with Crippen LogP contribution in [0.1, 0.15) is 5.56 Å². The Morgan fingerprint density at radius 1 is 1.15 bits per heavy atom. The summed E-state index contributed by atoms with van der Waals surface area (Å²) in [4.78, 5) is 11.5. The maximum Gasteiger partial charge on any atom is 0.259 e. The van der Waals surface area contributed by atoms with E-state index in [4.69, 9.17) is 0 Å². The second-order valence-electron chi connectivity index (χ2n) is 4.11. The Kier molecular flexibility index (Phi) is 4.72. The Morgan fingerprint density at radius 3 is 2.70 bits per heavy atom. The Hall–Kier alpha value is -2.82. The van der Waals surface area contributed by atoms with E-state index in [0.717, 1.165) is 5.69 Å². The summed E-state index contributed by atoms with van der Waals surface area (Å²) >= 11 is 0. The first-order chi connectivity index (χ1) is 9.74. The number of rotatable bonds is 5. The number of para-hydroxylation sites is 1. The highest BCUT2D eigenvalue weighted by Crippen LogP contribution is 2.08. The van der Waals surface area contributed by atoms with E-state index in [1.165, 1.54) is 6.21 Å². The molecule has 1 amide bonds. The zero-order valence-electron chi connectivity index (χ0n) is 10.8. The fourth-order valence-electron chi connectivity index (χ4n) is 1.56. The summed E-state index contributed by atoms with van der Waals surface area (Å²) in [5, 5.41) is 16.1. The number of aromatic hydroxyl groups is 1. The number of hydrazone groups is 1. The van der Waals surface area contributed by atoms with Crippen LogP contribution in [0.3, 0.4) is 0 Å². The molecular formula is C15H15N3O2. The summed E-state index contributed by atoms with van der Waals surface area (Å²) in [6.07, 6.45) is 1.47. The zero-order chi connectivity index (χ0) is 14.2. The minimum Gasteiger partial charge on any atom is -0.508 e. The van der Waals surface area contributed by atoms with Gasteiger partial charge in [-0.2, -0.15) is 5.10 Å². The fraction of sp³-hybridized carbons (Fsp3) is 0.0667. The van der Waals surface area contributed by atoms with Crippen LogP contribution in [0.5, 0.6) is 5.75 Å². The first-order valence-corrected chi connectivity index (χ1v) is 6.14. The van der Waals surface area contributed by atoms with Gasteiger partial charge in [0.1, 0.15) is 5.75 Å². The molecular weight excluding hydrogens is 254 g/mol. The molecule has 0 bridgehead atoms. The maximum atomic E-state index is 11.5. The van der Waals surface area contributed by atoms with Crippen LogP contribution in [-0.2, 0) is 4.79 Å². The number of hydrogen-bond donors (Lipinski definition) is 3. The van der Waals surface area contributed by atoms with Gasteiger partial charge in [0.15, 0.2) is 0 Å². The first-order valence-electron chi connectivity index (χ1n) is 6.14. The normalized spacial score (nSPS) is 10.4. The molecule has 5 nitrogen and oxygen atoms in total. The van der Waals surface area contributed by atoms with E-state index in [1.807, 2.05) is 30.3 Å². The van der Waals surface area contributed by atoms with Crippen molar-refractivity contribution in [1.82, 2.24) is 5.43 Å². The van der Waals surface area contributed by atoms with Crippen LogP contribution >= 0.6 is 0 Å². The SMILES string of the molecule is O=C(CNc1ccccc1)N/N=C\c1cccc(O)c1. The van der Waals surface area contributed by atoms with Crippen molar-refractivity contribution in [3.8, 4) is 5.75 Å². The number of phenols is 1. The van der Waals surface area contributed by atoms with E-state index in [2.05, 4.69) is 15.8 Å². The van der Waals surface area contributed by atoms with Crippen molar-refractivity contribution in [2.45, 2.75) is 0 Å². The number of anilines is 1. The number of benzene rings is 2. The third kappa shape index (κ3) is 4.45. The van der Waals surface area contributed by atoms with Crippen LogP contribution < -0.4 is 10.7 Å². The lowest BCUT2D eigenvalue weighted by atomic mass is 10.2. The van der Waals surface area contributed by atoms with Crippen molar-refractivity contribution in [2.75, 3.05) is 11.9 Å². The van der Waals surface area contributed by atoms with Crippen LogP contribution in [0.15, 0.2) is 59.7 Å². The molecule has 0 aliphatic heterocycles. The van der Waals surface area contributed by atoms with Crippen LogP contribution in [0.4, 0.5) is 5.69 Å². The van der Waals surface area contributed by atoms with Crippen molar-refractivity contribution < 1.29 is 9.90 Å². The zero-order valence-corrected chi connectivity index (χ0v) is 10.8. The van der Waals surface area contributed by atoms with Crippen molar-refractivity contribution in [2.24, 2.45) is 5.10 Å². The molecule has 0 spiro atoms. The molecule has 0 heterocycles. The van der Waals surface area contributed by atoms with Crippen molar-refractivity contribution in [1.29, 1.82) is 0 Å². The van der Waals surface area contributed by atoms with Gasteiger partial charge in [-0.25, -0.2) is 5.43 Å². The standard InChI is InChI=1S/C15H15N3O2/c19-14-8-4-5-12(9-14)10-17-18-15(20)11-16-13-6-2-1-3-7-13/h1-10,16,19H,11H2,(H,18,20)/b17-10-. The summed E-state index contributed by atoms with van der Waals surface area (Å²) in [7, 11) is 0. The van der Waals surface area contributed by atoms with E-state index < -0.39 is 0 Å². The van der Waals surface area contributed by atoms with Gasteiger partial charge in [-0.15, -0.1) is 0 Å². The highest BCUT2D eigenvalue weighted by Gasteiger charge is 1.98. The lowest BCUT2D eigenvalue weighted by Crippen LogP contribution is -2.25. The summed E-state index contributed by atoms with van der Waals surface area (Å²) < 4.78 is 0. The summed E-state index contributed by atoms with van der Waals surface area (Å²) in [5.41, 5.74) is 3.99. The molecule has 102 valence electrons. The highest BCUT2D eigenvalue weighted by atomic mass is 16.3. The molecule has 5 heteroatoms. The molecule has 2 aromatic carbocycles. The molecule has 0 aliphatic rings. The van der Waals surface area contributed by atoms with Gasteiger partial charge in [-0.3, -0.25) is 4.79 Å². The van der Waals surface area contributed by atoms with E-state index >= 15 is 0 Å². The van der Waals surface area contributed by atoms with Crippen LogP contribution in [-0.4, -0.2) is 23.8 Å². The van der Waals surface area contributed by atoms with Crippen LogP contribution in [0.2, 0.25) is 0 Å². The van der Waals surface area contributed by atoms with Crippen LogP contribution in [0.25, 0.3) is 0 Å². The van der Waals surface area contributed by atoms with E-state index in [9.17, 15) is 9.90 Å². The number of amides is 1. The molecule has 0 saturated carbocycles. The predicted molar refractivity (Wildman–Crippen MR) is 78.8 cm³/mol. The van der Waals surface area contributed by atoms with E-state index in [0.29, 0.717) is 5.56 Å². The second-order valence-corrected chi connectivity index (χ2v) is 4.11. The van der Waals surface area contributed by atoms with Gasteiger partial charge in [0, 0.05) is 5.69 Å². The molecule has 0 unspecified atom stereocenters. The van der Waals surface area contributed by atoms with Gasteiger partial charge in [0.2, 0.25) is 0 Å². The second kappa shape index (κ2) is 6.94.